The van der Waals surface area contributed by atoms with E-state index in [1.807, 2.05) is 61.3 Å². The Balaban J connectivity index is 1.55. The number of amides is 1. The van der Waals surface area contributed by atoms with Gasteiger partial charge in [-0.15, -0.1) is 0 Å². The fourth-order valence-electron chi connectivity index (χ4n) is 3.27. The maximum atomic E-state index is 13.0. The molecule has 0 radical (unpaired) electrons. The number of aromatic nitrogens is 1. The van der Waals surface area contributed by atoms with Crippen LogP contribution in [0.5, 0.6) is 0 Å². The highest BCUT2D eigenvalue weighted by atomic mass is 16.5. The zero-order valence-electron chi connectivity index (χ0n) is 14.9. The van der Waals surface area contributed by atoms with Gasteiger partial charge in [0.05, 0.1) is 18.8 Å². The zero-order chi connectivity index (χ0) is 18.1. The molecular weight excluding hydrogens is 330 g/mol. The second-order valence-corrected chi connectivity index (χ2v) is 6.42. The van der Waals surface area contributed by atoms with Gasteiger partial charge in [-0.3, -0.25) is 4.79 Å². The lowest BCUT2D eigenvalue weighted by Crippen LogP contribution is -2.42. The lowest BCUT2D eigenvalue weighted by Gasteiger charge is -2.32. The molecule has 3 aromatic rings. The SMILES string of the molecule is CNc1cccc([C@@H]2CN(C(=O)c3ccc4oc(C)cc4c3)CCO2)n1. The van der Waals surface area contributed by atoms with E-state index >= 15 is 0 Å². The number of morpholine rings is 1. The van der Waals surface area contributed by atoms with Crippen molar-refractivity contribution in [2.75, 3.05) is 32.1 Å². The number of aryl methyl sites for hydroxylation is 1. The summed E-state index contributed by atoms with van der Waals surface area (Å²) in [7, 11) is 1.83. The molecule has 6 nitrogen and oxygen atoms in total. The quantitative estimate of drug-likeness (QED) is 0.783. The standard InChI is InChI=1S/C20H21N3O3/c1-13-10-15-11-14(6-7-17(15)26-13)20(24)23-8-9-25-18(12-23)16-4-3-5-19(21-2)22-16/h3-7,10-11,18H,8-9,12H2,1-2H3,(H,21,22)/t18-/m0/s1. The zero-order valence-corrected chi connectivity index (χ0v) is 14.9. The summed E-state index contributed by atoms with van der Waals surface area (Å²) in [4.78, 5) is 19.3. The van der Waals surface area contributed by atoms with E-state index in [1.165, 1.54) is 0 Å². The van der Waals surface area contributed by atoms with E-state index in [0.717, 1.165) is 28.2 Å². The van der Waals surface area contributed by atoms with Crippen molar-refractivity contribution in [2.45, 2.75) is 13.0 Å². The number of pyridine rings is 1. The highest BCUT2D eigenvalue weighted by Gasteiger charge is 2.27. The minimum atomic E-state index is -0.221. The summed E-state index contributed by atoms with van der Waals surface area (Å²) < 4.78 is 11.4. The molecule has 1 aliphatic heterocycles. The molecule has 0 bridgehead atoms. The number of rotatable bonds is 3. The minimum absolute atomic E-state index is 0.00354. The van der Waals surface area contributed by atoms with Gasteiger partial charge in [0.15, 0.2) is 0 Å². The van der Waals surface area contributed by atoms with Crippen molar-refractivity contribution in [1.82, 2.24) is 9.88 Å². The summed E-state index contributed by atoms with van der Waals surface area (Å²) in [6.45, 7) is 3.46. The molecule has 1 fully saturated rings. The number of ether oxygens (including phenoxy) is 1. The van der Waals surface area contributed by atoms with Crippen LogP contribution < -0.4 is 5.32 Å². The van der Waals surface area contributed by atoms with Gasteiger partial charge in [-0.1, -0.05) is 6.07 Å². The molecule has 1 N–H and O–H groups in total. The van der Waals surface area contributed by atoms with Crippen molar-refractivity contribution in [3.63, 3.8) is 0 Å². The Labute approximate surface area is 151 Å². The first kappa shape index (κ1) is 16.6. The third-order valence-electron chi connectivity index (χ3n) is 4.60. The second kappa shape index (κ2) is 6.80. The van der Waals surface area contributed by atoms with Gasteiger partial charge in [-0.25, -0.2) is 4.98 Å². The van der Waals surface area contributed by atoms with Gasteiger partial charge in [-0.05, 0) is 43.3 Å². The Hall–Kier alpha value is -2.86. The van der Waals surface area contributed by atoms with Crippen molar-refractivity contribution in [3.05, 3.63) is 59.5 Å². The molecule has 0 aliphatic carbocycles. The van der Waals surface area contributed by atoms with Gasteiger partial charge in [0.2, 0.25) is 0 Å². The van der Waals surface area contributed by atoms with Gasteiger partial charge in [0.1, 0.15) is 23.3 Å². The van der Waals surface area contributed by atoms with Crippen molar-refractivity contribution in [2.24, 2.45) is 0 Å². The fourth-order valence-corrected chi connectivity index (χ4v) is 3.27. The van der Waals surface area contributed by atoms with E-state index in [4.69, 9.17) is 9.15 Å². The number of nitrogens with one attached hydrogen (secondary N) is 1. The van der Waals surface area contributed by atoms with Crippen molar-refractivity contribution in [3.8, 4) is 0 Å². The molecule has 1 saturated heterocycles. The molecular formula is C20H21N3O3. The second-order valence-electron chi connectivity index (χ2n) is 6.42. The van der Waals surface area contributed by atoms with Gasteiger partial charge in [0.25, 0.3) is 5.91 Å². The Bertz CT molecular complexity index is 950. The Morgan fingerprint density at radius 3 is 3.00 bits per heavy atom. The number of hydrogen-bond donors (Lipinski definition) is 1. The predicted octanol–water partition coefficient (Wildman–Crippen LogP) is 3.39. The molecule has 1 aliphatic rings. The monoisotopic (exact) mass is 351 g/mol. The average Bonchev–Trinajstić information content (AvgIpc) is 3.06. The lowest BCUT2D eigenvalue weighted by atomic mass is 10.1. The molecule has 0 saturated carbocycles. The van der Waals surface area contributed by atoms with E-state index in [-0.39, 0.29) is 12.0 Å². The average molecular weight is 351 g/mol. The van der Waals surface area contributed by atoms with Crippen LogP contribution in [0.4, 0.5) is 5.82 Å². The third kappa shape index (κ3) is 3.15. The van der Waals surface area contributed by atoms with Gasteiger partial charge < -0.3 is 19.4 Å². The molecule has 1 amide bonds. The summed E-state index contributed by atoms with van der Waals surface area (Å²) in [5.41, 5.74) is 2.29. The van der Waals surface area contributed by atoms with Crippen LogP contribution in [0.2, 0.25) is 0 Å². The van der Waals surface area contributed by atoms with E-state index in [2.05, 4.69) is 10.3 Å². The van der Waals surface area contributed by atoms with E-state index in [1.54, 1.807) is 0 Å². The van der Waals surface area contributed by atoms with Crippen LogP contribution in [0.25, 0.3) is 11.0 Å². The van der Waals surface area contributed by atoms with E-state index in [0.29, 0.717) is 25.3 Å². The number of benzene rings is 1. The highest BCUT2D eigenvalue weighted by molar-refractivity contribution is 5.98. The molecule has 2 aromatic heterocycles. The third-order valence-corrected chi connectivity index (χ3v) is 4.60. The fraction of sp³-hybridized carbons (Fsp3) is 0.300. The van der Waals surface area contributed by atoms with Gasteiger partial charge in [-0.2, -0.15) is 0 Å². The number of anilines is 1. The van der Waals surface area contributed by atoms with Crippen LogP contribution >= 0.6 is 0 Å². The molecule has 1 atom stereocenters. The molecule has 0 unspecified atom stereocenters. The first-order valence-corrected chi connectivity index (χ1v) is 8.70. The molecule has 6 heteroatoms. The van der Waals surface area contributed by atoms with Crippen LogP contribution in [-0.2, 0) is 4.74 Å². The summed E-state index contributed by atoms with van der Waals surface area (Å²) in [5, 5.41) is 3.98. The van der Waals surface area contributed by atoms with Crippen LogP contribution in [0, 0.1) is 6.92 Å². The number of hydrogen-bond acceptors (Lipinski definition) is 5. The summed E-state index contributed by atoms with van der Waals surface area (Å²) in [6, 6.07) is 13.3. The summed E-state index contributed by atoms with van der Waals surface area (Å²) in [6.07, 6.45) is -0.221. The van der Waals surface area contributed by atoms with Crippen LogP contribution in [-0.4, -0.2) is 42.5 Å². The Morgan fingerprint density at radius 1 is 1.27 bits per heavy atom. The number of nitrogens with zero attached hydrogens (tertiary/aromatic N) is 2. The molecule has 4 rings (SSSR count). The van der Waals surface area contributed by atoms with Crippen LogP contribution in [0.15, 0.2) is 46.9 Å². The van der Waals surface area contributed by atoms with Gasteiger partial charge in [0, 0.05) is 24.5 Å². The first-order valence-electron chi connectivity index (χ1n) is 8.70. The summed E-state index contributed by atoms with van der Waals surface area (Å²) >= 11 is 0. The van der Waals surface area contributed by atoms with Gasteiger partial charge >= 0.3 is 0 Å². The van der Waals surface area contributed by atoms with Crippen molar-refractivity contribution < 1.29 is 13.9 Å². The molecule has 26 heavy (non-hydrogen) atoms. The maximum Gasteiger partial charge on any atom is 0.254 e. The van der Waals surface area contributed by atoms with Crippen molar-refractivity contribution >= 4 is 22.7 Å². The Morgan fingerprint density at radius 2 is 2.15 bits per heavy atom. The van der Waals surface area contributed by atoms with Crippen LogP contribution in [0.3, 0.4) is 0 Å². The molecule has 1 aromatic carbocycles. The first-order chi connectivity index (χ1) is 12.6. The summed E-state index contributed by atoms with van der Waals surface area (Å²) in [5.74, 6) is 1.63. The van der Waals surface area contributed by atoms with E-state index in [9.17, 15) is 4.79 Å². The maximum absolute atomic E-state index is 13.0. The minimum Gasteiger partial charge on any atom is -0.461 e. The molecule has 3 heterocycles. The van der Waals surface area contributed by atoms with E-state index < -0.39 is 0 Å². The Kier molecular flexibility index (Phi) is 4.34. The van der Waals surface area contributed by atoms with Crippen molar-refractivity contribution in [1.29, 1.82) is 0 Å². The normalized spacial score (nSPS) is 17.5. The smallest absolute Gasteiger partial charge is 0.254 e. The molecule has 0 spiro atoms. The molecule has 134 valence electrons. The predicted molar refractivity (Wildman–Crippen MR) is 99.3 cm³/mol. The lowest BCUT2D eigenvalue weighted by molar-refractivity contribution is -0.0246. The topological polar surface area (TPSA) is 67.6 Å². The number of carbonyl (C=O) groups excluding carboxylic acids is 1. The number of fused-ring (bicyclic) bond motifs is 1. The largest absolute Gasteiger partial charge is 0.461 e. The van der Waals surface area contributed by atoms with Crippen LogP contribution in [0.1, 0.15) is 27.9 Å². The highest BCUT2D eigenvalue weighted by Crippen LogP contribution is 2.25. The number of furan rings is 1. The number of carbonyl (C=O) groups is 1.